The van der Waals surface area contributed by atoms with Gasteiger partial charge in [-0.2, -0.15) is 0 Å². The number of aromatic nitrogens is 3. The number of carbonyl (C=O) groups excluding carboxylic acids is 1. The number of fused-ring (bicyclic) bond motifs is 3. The lowest BCUT2D eigenvalue weighted by Gasteiger charge is -2.09. The van der Waals surface area contributed by atoms with E-state index < -0.39 is 0 Å². The highest BCUT2D eigenvalue weighted by molar-refractivity contribution is 7.99. The van der Waals surface area contributed by atoms with Crippen LogP contribution < -0.4 is 20.3 Å². The second kappa shape index (κ2) is 8.96. The Kier molecular flexibility index (Phi) is 6.09. The van der Waals surface area contributed by atoms with Gasteiger partial charge in [0.15, 0.2) is 5.16 Å². The zero-order chi connectivity index (χ0) is 22.8. The molecule has 0 radical (unpaired) electrons. The molecule has 0 fully saturated rings. The van der Waals surface area contributed by atoms with Gasteiger partial charge in [-0.05, 0) is 49.4 Å². The van der Waals surface area contributed by atoms with Crippen molar-refractivity contribution in [3.05, 3.63) is 52.8 Å². The van der Waals surface area contributed by atoms with Crippen LogP contribution in [0.3, 0.4) is 0 Å². The van der Waals surface area contributed by atoms with Crippen molar-refractivity contribution >= 4 is 45.3 Å². The largest absolute Gasteiger partial charge is 0.497 e. The van der Waals surface area contributed by atoms with Gasteiger partial charge in [-0.1, -0.05) is 11.8 Å². The molecule has 2 heterocycles. The topological polar surface area (TPSA) is 87.4 Å². The molecule has 0 saturated carbocycles. The number of aryl methyl sites for hydroxylation is 1. The number of carbonyl (C=O) groups is 1. The summed E-state index contributed by atoms with van der Waals surface area (Å²) in [6, 6.07) is 12.8. The molecule has 0 aliphatic carbocycles. The summed E-state index contributed by atoms with van der Waals surface area (Å²) in [5.41, 5.74) is 2.51. The van der Waals surface area contributed by atoms with Crippen LogP contribution in [0.1, 0.15) is 6.92 Å². The van der Waals surface area contributed by atoms with E-state index in [0.717, 1.165) is 16.7 Å². The Morgan fingerprint density at radius 1 is 1.09 bits per heavy atom. The van der Waals surface area contributed by atoms with Crippen LogP contribution in [0.15, 0.2) is 52.4 Å². The van der Waals surface area contributed by atoms with Gasteiger partial charge in [0.1, 0.15) is 22.5 Å². The first-order chi connectivity index (χ1) is 15.4. The molecule has 8 nitrogen and oxygen atoms in total. The van der Waals surface area contributed by atoms with Crippen molar-refractivity contribution < 1.29 is 14.3 Å². The molecule has 2 aromatic carbocycles. The van der Waals surface area contributed by atoms with Crippen molar-refractivity contribution in [3.8, 4) is 11.5 Å². The lowest BCUT2D eigenvalue weighted by molar-refractivity contribution is -0.113. The highest BCUT2D eigenvalue weighted by atomic mass is 32.2. The van der Waals surface area contributed by atoms with Crippen LogP contribution in [0.2, 0.25) is 0 Å². The van der Waals surface area contributed by atoms with E-state index in [1.807, 2.05) is 36.7 Å². The molecule has 9 heteroatoms. The fourth-order valence-corrected chi connectivity index (χ4v) is 4.33. The smallest absolute Gasteiger partial charge is 0.278 e. The number of methoxy groups -OCH3 is 1. The second-order valence-electron chi connectivity index (χ2n) is 7.19. The van der Waals surface area contributed by atoms with Crippen LogP contribution in [0, 0.1) is 0 Å². The summed E-state index contributed by atoms with van der Waals surface area (Å²) in [5, 5.41) is 4.16. The molecule has 0 saturated heterocycles. The summed E-state index contributed by atoms with van der Waals surface area (Å²) >= 11 is 1.22. The molecule has 0 bridgehead atoms. The first-order valence-electron chi connectivity index (χ1n) is 10.1. The van der Waals surface area contributed by atoms with Crippen molar-refractivity contribution in [2.45, 2.75) is 12.1 Å². The minimum Gasteiger partial charge on any atom is -0.497 e. The molecule has 4 rings (SSSR count). The Labute approximate surface area is 189 Å². The Morgan fingerprint density at radius 2 is 1.81 bits per heavy atom. The van der Waals surface area contributed by atoms with Crippen LogP contribution in [0.4, 0.5) is 5.69 Å². The van der Waals surface area contributed by atoms with Gasteiger partial charge in [0, 0.05) is 25.2 Å². The second-order valence-corrected chi connectivity index (χ2v) is 8.13. The van der Waals surface area contributed by atoms with Gasteiger partial charge in [-0.25, -0.2) is 4.98 Å². The van der Waals surface area contributed by atoms with Crippen molar-refractivity contribution in [1.82, 2.24) is 14.1 Å². The number of hydrogen-bond donors (Lipinski definition) is 1. The molecule has 32 heavy (non-hydrogen) atoms. The minimum absolute atomic E-state index is 0.118. The van der Waals surface area contributed by atoms with E-state index in [-0.39, 0.29) is 17.2 Å². The van der Waals surface area contributed by atoms with Gasteiger partial charge in [-0.15, -0.1) is 0 Å². The number of benzene rings is 2. The standard InChI is InChI=1S/C23H24N4O4S/c1-5-31-15-8-6-14(7-9-15)24-19(28)13-32-23-25-20-17-12-16(30-4)10-11-18(17)26(2)21(20)22(29)27(23)3/h6-12H,5,13H2,1-4H3,(H,24,28). The molecule has 0 spiro atoms. The molecular formula is C23H24N4O4S. The average Bonchev–Trinajstić information content (AvgIpc) is 3.07. The molecule has 0 aliphatic rings. The maximum atomic E-state index is 13.1. The lowest BCUT2D eigenvalue weighted by Crippen LogP contribution is -2.22. The molecule has 4 aromatic rings. The Hall–Kier alpha value is -3.46. The van der Waals surface area contributed by atoms with Crippen molar-refractivity contribution in [2.24, 2.45) is 14.1 Å². The van der Waals surface area contributed by atoms with Crippen LogP contribution in [-0.4, -0.2) is 39.5 Å². The molecule has 2 aromatic heterocycles. The third-order valence-corrected chi connectivity index (χ3v) is 6.19. The molecule has 0 aliphatic heterocycles. The molecule has 1 amide bonds. The van der Waals surface area contributed by atoms with E-state index >= 15 is 0 Å². The summed E-state index contributed by atoms with van der Waals surface area (Å²) in [5.74, 6) is 1.37. The third kappa shape index (κ3) is 4.03. The van der Waals surface area contributed by atoms with Gasteiger partial charge in [0.25, 0.3) is 5.56 Å². The first kappa shape index (κ1) is 21.8. The predicted molar refractivity (Wildman–Crippen MR) is 127 cm³/mol. The fraction of sp³-hybridized carbons (Fsp3) is 0.261. The van der Waals surface area contributed by atoms with Crippen LogP contribution in [0.25, 0.3) is 21.9 Å². The van der Waals surface area contributed by atoms with Gasteiger partial charge < -0.3 is 19.4 Å². The van der Waals surface area contributed by atoms with Gasteiger partial charge >= 0.3 is 0 Å². The fourth-order valence-electron chi connectivity index (χ4n) is 3.56. The van der Waals surface area contributed by atoms with E-state index in [4.69, 9.17) is 14.5 Å². The van der Waals surface area contributed by atoms with E-state index in [1.54, 1.807) is 38.4 Å². The average molecular weight is 453 g/mol. The highest BCUT2D eigenvalue weighted by Gasteiger charge is 2.18. The molecule has 0 atom stereocenters. The van der Waals surface area contributed by atoms with Gasteiger partial charge in [-0.3, -0.25) is 14.2 Å². The predicted octanol–water partition coefficient (Wildman–Crippen LogP) is 3.56. The van der Waals surface area contributed by atoms with E-state index in [9.17, 15) is 9.59 Å². The normalized spacial score (nSPS) is 11.1. The molecule has 0 unspecified atom stereocenters. The number of hydrogen-bond acceptors (Lipinski definition) is 6. The monoisotopic (exact) mass is 452 g/mol. The van der Waals surface area contributed by atoms with Crippen LogP contribution >= 0.6 is 11.8 Å². The highest BCUT2D eigenvalue weighted by Crippen LogP contribution is 2.29. The number of amides is 1. The SMILES string of the molecule is CCOc1ccc(NC(=O)CSc2nc3c4cc(OC)ccc4n(C)c3c(=O)n2C)cc1. The number of nitrogens with zero attached hydrogens (tertiary/aromatic N) is 3. The maximum Gasteiger partial charge on any atom is 0.278 e. The van der Waals surface area contributed by atoms with Crippen LogP contribution in [0.5, 0.6) is 11.5 Å². The van der Waals surface area contributed by atoms with Crippen LogP contribution in [-0.2, 0) is 18.9 Å². The number of ether oxygens (including phenoxy) is 2. The molecular weight excluding hydrogens is 428 g/mol. The summed E-state index contributed by atoms with van der Waals surface area (Å²) in [6.07, 6.45) is 0. The summed E-state index contributed by atoms with van der Waals surface area (Å²) in [4.78, 5) is 30.2. The summed E-state index contributed by atoms with van der Waals surface area (Å²) < 4.78 is 14.1. The van der Waals surface area contributed by atoms with Crippen molar-refractivity contribution in [2.75, 3.05) is 24.8 Å². The third-order valence-electron chi connectivity index (χ3n) is 5.16. The van der Waals surface area contributed by atoms with Crippen molar-refractivity contribution in [1.29, 1.82) is 0 Å². The lowest BCUT2D eigenvalue weighted by atomic mass is 10.2. The minimum atomic E-state index is -0.187. The number of rotatable bonds is 7. The van der Waals surface area contributed by atoms with E-state index in [1.165, 1.54) is 16.3 Å². The zero-order valence-electron chi connectivity index (χ0n) is 18.3. The Balaban J connectivity index is 1.58. The van der Waals surface area contributed by atoms with Crippen molar-refractivity contribution in [3.63, 3.8) is 0 Å². The molecule has 166 valence electrons. The Morgan fingerprint density at radius 3 is 2.50 bits per heavy atom. The maximum absolute atomic E-state index is 13.1. The summed E-state index contributed by atoms with van der Waals surface area (Å²) in [7, 11) is 5.11. The van der Waals surface area contributed by atoms with E-state index in [0.29, 0.717) is 34.2 Å². The Bertz CT molecular complexity index is 1360. The number of nitrogens with one attached hydrogen (secondary N) is 1. The number of thioether (sulfide) groups is 1. The molecule has 1 N–H and O–H groups in total. The first-order valence-corrected chi connectivity index (χ1v) is 11.1. The summed E-state index contributed by atoms with van der Waals surface area (Å²) in [6.45, 7) is 2.50. The van der Waals surface area contributed by atoms with E-state index in [2.05, 4.69) is 5.32 Å². The zero-order valence-corrected chi connectivity index (χ0v) is 19.2. The quantitative estimate of drug-likeness (QED) is 0.341. The van der Waals surface area contributed by atoms with Gasteiger partial charge in [0.05, 0.1) is 25.0 Å². The van der Waals surface area contributed by atoms with Gasteiger partial charge in [0.2, 0.25) is 5.91 Å². The number of anilines is 1.